The molecule has 8 heteroatoms. The maximum absolute atomic E-state index is 11.1. The van der Waals surface area contributed by atoms with Gasteiger partial charge < -0.3 is 9.88 Å². The lowest BCUT2D eigenvalue weighted by atomic mass is 10.6. The molecule has 1 aromatic heterocycles. The summed E-state index contributed by atoms with van der Waals surface area (Å²) in [6.07, 6.45) is 1.25. The average Bonchev–Trinajstić information content (AvgIpc) is 2.28. The van der Waals surface area contributed by atoms with Gasteiger partial charge in [0.2, 0.25) is 5.91 Å². The highest BCUT2D eigenvalue weighted by Crippen LogP contribution is 2.16. The third-order valence-corrected chi connectivity index (χ3v) is 2.47. The van der Waals surface area contributed by atoms with Crippen molar-refractivity contribution in [1.82, 2.24) is 9.55 Å². The van der Waals surface area contributed by atoms with Crippen LogP contribution in [0.25, 0.3) is 0 Å². The van der Waals surface area contributed by atoms with Gasteiger partial charge in [-0.15, -0.1) is 0 Å². The van der Waals surface area contributed by atoms with Crippen LogP contribution in [-0.2, 0) is 21.9 Å². The lowest BCUT2D eigenvalue weighted by Gasteiger charge is -2.02. The fraction of sp³-hybridized carbons (Fsp3) is 0.333. The second-order valence-electron chi connectivity index (χ2n) is 2.74. The molecule has 0 saturated heterocycles. The molecular weight excluding hydrogens is 208 g/mol. The lowest BCUT2D eigenvalue weighted by molar-refractivity contribution is -0.114. The molecule has 0 aromatic carbocycles. The Balaban J connectivity index is 3.27. The van der Waals surface area contributed by atoms with Crippen molar-refractivity contribution >= 4 is 21.7 Å². The number of carbonyl (C=O) groups excluding carboxylic acids is 1. The van der Waals surface area contributed by atoms with Crippen LogP contribution in [0.2, 0.25) is 0 Å². The normalized spacial score (nSPS) is 11.4. The van der Waals surface area contributed by atoms with E-state index in [2.05, 4.69) is 10.3 Å². The average molecular weight is 218 g/mol. The quantitative estimate of drug-likeness (QED) is 0.665. The van der Waals surface area contributed by atoms with Crippen LogP contribution in [0.3, 0.4) is 0 Å². The fourth-order valence-corrected chi connectivity index (χ4v) is 1.83. The number of aryl methyl sites for hydroxylation is 1. The number of anilines is 1. The highest BCUT2D eigenvalue weighted by Gasteiger charge is 2.20. The summed E-state index contributed by atoms with van der Waals surface area (Å²) < 4.78 is 23.4. The first-order valence-corrected chi connectivity index (χ1v) is 5.18. The standard InChI is InChI=1S/C6H10N4O3S/c1-4(11)9-5-6(14(7,12)13)10(2)3-8-5/h3H,1-2H3,(H,9,11)(H2,7,12,13). The monoisotopic (exact) mass is 218 g/mol. The number of imidazole rings is 1. The van der Waals surface area contributed by atoms with Gasteiger partial charge in [-0.25, -0.2) is 18.5 Å². The number of rotatable bonds is 2. The fourth-order valence-electron chi connectivity index (χ4n) is 1.01. The van der Waals surface area contributed by atoms with Crippen molar-refractivity contribution in [2.24, 2.45) is 12.2 Å². The SMILES string of the molecule is CC(=O)Nc1ncn(C)c1S(N)(=O)=O. The van der Waals surface area contributed by atoms with Crippen molar-refractivity contribution in [3.8, 4) is 0 Å². The summed E-state index contributed by atoms with van der Waals surface area (Å²) in [5, 5.41) is 6.99. The zero-order chi connectivity index (χ0) is 10.9. The second kappa shape index (κ2) is 3.39. The molecule has 0 radical (unpaired) electrons. The van der Waals surface area contributed by atoms with Crippen LogP contribution in [-0.4, -0.2) is 23.9 Å². The maximum atomic E-state index is 11.1. The van der Waals surface area contributed by atoms with Gasteiger partial charge >= 0.3 is 0 Å². The summed E-state index contributed by atoms with van der Waals surface area (Å²) in [6.45, 7) is 1.25. The lowest BCUT2D eigenvalue weighted by Crippen LogP contribution is -2.19. The Labute approximate surface area is 81.0 Å². The molecule has 0 bridgehead atoms. The molecule has 78 valence electrons. The van der Waals surface area contributed by atoms with Crippen molar-refractivity contribution in [2.45, 2.75) is 11.9 Å². The zero-order valence-electron chi connectivity index (χ0n) is 7.68. The van der Waals surface area contributed by atoms with Crippen LogP contribution < -0.4 is 10.5 Å². The molecule has 0 aliphatic heterocycles. The van der Waals surface area contributed by atoms with Crippen LogP contribution in [0.4, 0.5) is 5.82 Å². The Morgan fingerprint density at radius 1 is 1.64 bits per heavy atom. The van der Waals surface area contributed by atoms with E-state index in [1.54, 1.807) is 0 Å². The Morgan fingerprint density at radius 2 is 2.21 bits per heavy atom. The predicted molar refractivity (Wildman–Crippen MR) is 48.9 cm³/mol. The Hall–Kier alpha value is -1.41. The molecule has 1 aromatic rings. The van der Waals surface area contributed by atoms with E-state index in [1.165, 1.54) is 24.9 Å². The van der Waals surface area contributed by atoms with E-state index in [4.69, 9.17) is 5.14 Å². The smallest absolute Gasteiger partial charge is 0.257 e. The van der Waals surface area contributed by atoms with Gasteiger partial charge in [0.05, 0.1) is 6.33 Å². The summed E-state index contributed by atoms with van der Waals surface area (Å²) in [7, 11) is -2.41. The van der Waals surface area contributed by atoms with Gasteiger partial charge in [-0.05, 0) is 0 Å². The molecule has 1 heterocycles. The largest absolute Gasteiger partial charge is 0.322 e. The van der Waals surface area contributed by atoms with Gasteiger partial charge in [-0.2, -0.15) is 0 Å². The van der Waals surface area contributed by atoms with Crippen LogP contribution in [0.1, 0.15) is 6.92 Å². The topological polar surface area (TPSA) is 107 Å². The van der Waals surface area contributed by atoms with Crippen molar-refractivity contribution in [3.05, 3.63) is 6.33 Å². The molecule has 0 aliphatic rings. The molecule has 14 heavy (non-hydrogen) atoms. The van der Waals surface area contributed by atoms with Gasteiger partial charge in [0.15, 0.2) is 10.8 Å². The van der Waals surface area contributed by atoms with Gasteiger partial charge in [0.25, 0.3) is 10.0 Å². The van der Waals surface area contributed by atoms with Crippen molar-refractivity contribution < 1.29 is 13.2 Å². The first-order chi connectivity index (χ1) is 6.32. The zero-order valence-corrected chi connectivity index (χ0v) is 8.50. The molecule has 0 aliphatic carbocycles. The molecule has 0 unspecified atom stereocenters. The predicted octanol–water partition coefficient (Wildman–Crippen LogP) is -0.974. The third kappa shape index (κ3) is 2.09. The van der Waals surface area contributed by atoms with E-state index in [9.17, 15) is 13.2 Å². The van der Waals surface area contributed by atoms with E-state index < -0.39 is 15.9 Å². The van der Waals surface area contributed by atoms with Crippen LogP contribution >= 0.6 is 0 Å². The summed E-state index contributed by atoms with van der Waals surface area (Å²) >= 11 is 0. The number of primary sulfonamides is 1. The summed E-state index contributed by atoms with van der Waals surface area (Å²) in [5.74, 6) is -0.462. The van der Waals surface area contributed by atoms with E-state index in [0.717, 1.165) is 0 Å². The molecule has 0 saturated carbocycles. The molecule has 0 fully saturated rings. The highest BCUT2D eigenvalue weighted by atomic mass is 32.2. The molecule has 1 amide bonds. The minimum atomic E-state index is -3.88. The number of sulfonamides is 1. The van der Waals surface area contributed by atoms with Gasteiger partial charge in [-0.3, -0.25) is 4.79 Å². The molecule has 0 spiro atoms. The van der Waals surface area contributed by atoms with Crippen LogP contribution in [0, 0.1) is 0 Å². The Bertz CT molecular complexity index is 461. The Morgan fingerprint density at radius 3 is 2.64 bits per heavy atom. The van der Waals surface area contributed by atoms with E-state index in [0.29, 0.717) is 0 Å². The van der Waals surface area contributed by atoms with Crippen LogP contribution in [0.15, 0.2) is 11.4 Å². The first kappa shape index (κ1) is 10.7. The van der Waals surface area contributed by atoms with Crippen LogP contribution in [0.5, 0.6) is 0 Å². The van der Waals surface area contributed by atoms with E-state index >= 15 is 0 Å². The number of aromatic nitrogens is 2. The van der Waals surface area contributed by atoms with Crippen molar-refractivity contribution in [1.29, 1.82) is 0 Å². The van der Waals surface area contributed by atoms with Crippen molar-refractivity contribution in [3.63, 3.8) is 0 Å². The summed E-state index contributed by atoms with van der Waals surface area (Å²) in [4.78, 5) is 14.4. The number of nitrogens with two attached hydrogens (primary N) is 1. The van der Waals surface area contributed by atoms with Crippen molar-refractivity contribution in [2.75, 3.05) is 5.32 Å². The Kier molecular flexibility index (Phi) is 2.58. The molecular formula is C6H10N4O3S. The van der Waals surface area contributed by atoms with Gasteiger partial charge in [-0.1, -0.05) is 0 Å². The number of hydrogen-bond acceptors (Lipinski definition) is 4. The number of nitrogens with one attached hydrogen (secondary N) is 1. The molecule has 3 N–H and O–H groups in total. The third-order valence-electron chi connectivity index (χ3n) is 1.45. The highest BCUT2D eigenvalue weighted by molar-refractivity contribution is 7.89. The van der Waals surface area contributed by atoms with E-state index in [-0.39, 0.29) is 10.8 Å². The van der Waals surface area contributed by atoms with Gasteiger partial charge in [0, 0.05) is 14.0 Å². The molecule has 1 rings (SSSR count). The number of hydrogen-bond donors (Lipinski definition) is 2. The summed E-state index contributed by atoms with van der Waals surface area (Å²) in [6, 6.07) is 0. The van der Waals surface area contributed by atoms with E-state index in [1.807, 2.05) is 0 Å². The minimum Gasteiger partial charge on any atom is -0.322 e. The van der Waals surface area contributed by atoms with Gasteiger partial charge in [0.1, 0.15) is 0 Å². The number of carbonyl (C=O) groups is 1. The maximum Gasteiger partial charge on any atom is 0.257 e. The molecule has 0 atom stereocenters. The number of nitrogens with zero attached hydrogens (tertiary/aromatic N) is 2. The minimum absolute atomic E-state index is 0.0532. The molecule has 7 nitrogen and oxygen atoms in total. The first-order valence-electron chi connectivity index (χ1n) is 3.64. The summed E-state index contributed by atoms with van der Waals surface area (Å²) in [5.41, 5.74) is 0. The second-order valence-corrected chi connectivity index (χ2v) is 4.21. The number of amides is 1.